The zero-order chi connectivity index (χ0) is 7.98. The molecular weight excluding hydrogens is 130 g/mol. The molecule has 0 saturated carbocycles. The van der Waals surface area contributed by atoms with Crippen LogP contribution in [0.25, 0.3) is 0 Å². The van der Waals surface area contributed by atoms with E-state index in [0.717, 1.165) is 0 Å². The lowest BCUT2D eigenvalue weighted by Gasteiger charge is -2.00. The summed E-state index contributed by atoms with van der Waals surface area (Å²) in [5.41, 5.74) is 0.407. The minimum Gasteiger partial charge on any atom is -0.376 e. The monoisotopic (exact) mass is 141 g/mol. The standard InChI is InChI=1S/C7H11NO2/c1-3-4-6(2)7(10)8-5-9/h3,9H,1-2,4-5H2,(H,8,10). The molecule has 0 heterocycles. The van der Waals surface area contributed by atoms with Gasteiger partial charge in [-0.2, -0.15) is 0 Å². The Bertz CT molecular complexity index is 152. The van der Waals surface area contributed by atoms with Crippen LogP contribution in [0.15, 0.2) is 24.8 Å². The SMILES string of the molecule is C=CCC(=C)C(=O)NCO. The fourth-order valence-electron chi connectivity index (χ4n) is 0.464. The third-order valence-electron chi connectivity index (χ3n) is 0.951. The van der Waals surface area contributed by atoms with Gasteiger partial charge in [0.15, 0.2) is 0 Å². The number of hydrogen-bond donors (Lipinski definition) is 2. The van der Waals surface area contributed by atoms with Gasteiger partial charge in [-0.1, -0.05) is 12.7 Å². The quantitative estimate of drug-likeness (QED) is 0.333. The molecule has 0 unspecified atom stereocenters. The largest absolute Gasteiger partial charge is 0.376 e. The Labute approximate surface area is 60.1 Å². The number of hydrogen-bond acceptors (Lipinski definition) is 2. The number of carbonyl (C=O) groups excluding carboxylic acids is 1. The van der Waals surface area contributed by atoms with Crippen molar-refractivity contribution in [3.05, 3.63) is 24.8 Å². The van der Waals surface area contributed by atoms with E-state index in [-0.39, 0.29) is 12.6 Å². The molecule has 0 atom stereocenters. The molecule has 0 spiro atoms. The van der Waals surface area contributed by atoms with Crippen LogP contribution in [0.4, 0.5) is 0 Å². The van der Waals surface area contributed by atoms with Crippen molar-refractivity contribution in [3.8, 4) is 0 Å². The summed E-state index contributed by atoms with van der Waals surface area (Å²) < 4.78 is 0. The van der Waals surface area contributed by atoms with Gasteiger partial charge in [-0.3, -0.25) is 4.79 Å². The molecule has 0 aromatic heterocycles. The van der Waals surface area contributed by atoms with Crippen LogP contribution in [0, 0.1) is 0 Å². The van der Waals surface area contributed by atoms with Gasteiger partial charge < -0.3 is 10.4 Å². The van der Waals surface area contributed by atoms with Crippen LogP contribution in [0.2, 0.25) is 0 Å². The van der Waals surface area contributed by atoms with Gasteiger partial charge >= 0.3 is 0 Å². The molecule has 1 amide bonds. The number of carbonyl (C=O) groups is 1. The predicted molar refractivity (Wildman–Crippen MR) is 39.2 cm³/mol. The van der Waals surface area contributed by atoms with E-state index >= 15 is 0 Å². The molecule has 0 bridgehead atoms. The smallest absolute Gasteiger partial charge is 0.248 e. The molecule has 10 heavy (non-hydrogen) atoms. The number of rotatable bonds is 4. The Kier molecular flexibility index (Phi) is 4.24. The molecule has 0 aliphatic heterocycles. The summed E-state index contributed by atoms with van der Waals surface area (Å²) in [4.78, 5) is 10.7. The molecule has 0 fully saturated rings. The molecular formula is C7H11NO2. The van der Waals surface area contributed by atoms with E-state index in [2.05, 4.69) is 18.5 Å². The predicted octanol–water partition coefficient (Wildman–Crippen LogP) is 0.185. The van der Waals surface area contributed by atoms with Crippen molar-refractivity contribution in [3.63, 3.8) is 0 Å². The van der Waals surface area contributed by atoms with Crippen LogP contribution >= 0.6 is 0 Å². The average molecular weight is 141 g/mol. The van der Waals surface area contributed by atoms with Crippen LogP contribution in [0.5, 0.6) is 0 Å². The summed E-state index contributed by atoms with van der Waals surface area (Å²) in [5.74, 6) is -0.331. The van der Waals surface area contributed by atoms with Crippen molar-refractivity contribution >= 4 is 5.91 Å². The Morgan fingerprint density at radius 1 is 1.70 bits per heavy atom. The lowest BCUT2D eigenvalue weighted by Crippen LogP contribution is -2.24. The van der Waals surface area contributed by atoms with Crippen molar-refractivity contribution in [2.24, 2.45) is 0 Å². The second kappa shape index (κ2) is 4.76. The van der Waals surface area contributed by atoms with E-state index in [0.29, 0.717) is 12.0 Å². The van der Waals surface area contributed by atoms with Crippen LogP contribution in [0.3, 0.4) is 0 Å². The Morgan fingerprint density at radius 2 is 2.30 bits per heavy atom. The average Bonchev–Trinajstić information content (AvgIpc) is 1.89. The molecule has 0 aromatic carbocycles. The van der Waals surface area contributed by atoms with Gasteiger partial charge in [-0.05, 0) is 6.42 Å². The summed E-state index contributed by atoms with van der Waals surface area (Å²) in [5, 5.41) is 10.5. The van der Waals surface area contributed by atoms with Gasteiger partial charge in [-0.15, -0.1) is 6.58 Å². The van der Waals surface area contributed by atoms with E-state index in [1.165, 1.54) is 0 Å². The van der Waals surface area contributed by atoms with E-state index in [1.54, 1.807) is 6.08 Å². The van der Waals surface area contributed by atoms with E-state index in [1.807, 2.05) is 0 Å². The normalized spacial score (nSPS) is 8.50. The summed E-state index contributed by atoms with van der Waals surface area (Å²) in [6, 6.07) is 0. The third-order valence-corrected chi connectivity index (χ3v) is 0.951. The summed E-state index contributed by atoms with van der Waals surface area (Å²) in [6.07, 6.45) is 2.03. The van der Waals surface area contributed by atoms with Crippen LogP contribution in [-0.4, -0.2) is 17.7 Å². The van der Waals surface area contributed by atoms with Gasteiger partial charge in [0.1, 0.15) is 6.73 Å². The lowest BCUT2D eigenvalue weighted by atomic mass is 10.2. The first-order valence-electron chi connectivity index (χ1n) is 2.90. The number of aliphatic hydroxyl groups excluding tert-OH is 1. The molecule has 0 aliphatic rings. The van der Waals surface area contributed by atoms with Crippen molar-refractivity contribution in [1.29, 1.82) is 0 Å². The third kappa shape index (κ3) is 3.04. The van der Waals surface area contributed by atoms with Crippen molar-refractivity contribution in [1.82, 2.24) is 5.32 Å². The molecule has 3 heteroatoms. The first-order chi connectivity index (χ1) is 4.72. The number of aliphatic hydroxyl groups is 1. The van der Waals surface area contributed by atoms with Crippen LogP contribution in [-0.2, 0) is 4.79 Å². The van der Waals surface area contributed by atoms with Crippen molar-refractivity contribution in [2.45, 2.75) is 6.42 Å². The maximum Gasteiger partial charge on any atom is 0.248 e. The second-order valence-corrected chi connectivity index (χ2v) is 1.76. The van der Waals surface area contributed by atoms with Crippen LogP contribution in [0.1, 0.15) is 6.42 Å². The number of allylic oxidation sites excluding steroid dienone is 1. The highest BCUT2D eigenvalue weighted by atomic mass is 16.3. The van der Waals surface area contributed by atoms with Crippen molar-refractivity contribution in [2.75, 3.05) is 6.73 Å². The van der Waals surface area contributed by atoms with Gasteiger partial charge in [-0.25, -0.2) is 0 Å². The zero-order valence-corrected chi connectivity index (χ0v) is 5.76. The molecule has 0 saturated heterocycles. The van der Waals surface area contributed by atoms with Gasteiger partial charge in [0.25, 0.3) is 0 Å². The fourth-order valence-corrected chi connectivity index (χ4v) is 0.464. The topological polar surface area (TPSA) is 49.3 Å². The minimum atomic E-state index is -0.352. The Hall–Kier alpha value is -1.09. The maximum absolute atomic E-state index is 10.7. The molecule has 0 rings (SSSR count). The molecule has 0 aliphatic carbocycles. The van der Waals surface area contributed by atoms with E-state index < -0.39 is 0 Å². The highest BCUT2D eigenvalue weighted by molar-refractivity contribution is 5.92. The first kappa shape index (κ1) is 8.91. The highest BCUT2D eigenvalue weighted by Gasteiger charge is 2.01. The summed E-state index contributed by atoms with van der Waals surface area (Å²) in [7, 11) is 0. The number of nitrogens with one attached hydrogen (secondary N) is 1. The maximum atomic E-state index is 10.7. The molecule has 56 valence electrons. The zero-order valence-electron chi connectivity index (χ0n) is 5.76. The van der Waals surface area contributed by atoms with Crippen LogP contribution < -0.4 is 5.32 Å². The molecule has 0 radical (unpaired) electrons. The molecule has 0 aromatic rings. The second-order valence-electron chi connectivity index (χ2n) is 1.76. The van der Waals surface area contributed by atoms with E-state index in [9.17, 15) is 4.79 Å². The fraction of sp³-hybridized carbons (Fsp3) is 0.286. The van der Waals surface area contributed by atoms with Crippen molar-refractivity contribution < 1.29 is 9.90 Å². The highest BCUT2D eigenvalue weighted by Crippen LogP contribution is 1.96. The van der Waals surface area contributed by atoms with Gasteiger partial charge in [0.2, 0.25) is 5.91 Å². The first-order valence-corrected chi connectivity index (χ1v) is 2.90. The van der Waals surface area contributed by atoms with Gasteiger partial charge in [0, 0.05) is 5.57 Å². The summed E-state index contributed by atoms with van der Waals surface area (Å²) in [6.45, 7) is 6.56. The number of amides is 1. The van der Waals surface area contributed by atoms with Gasteiger partial charge in [0.05, 0.1) is 0 Å². The molecule has 3 nitrogen and oxygen atoms in total. The Balaban J connectivity index is 3.70. The lowest BCUT2D eigenvalue weighted by molar-refractivity contribution is -0.118. The summed E-state index contributed by atoms with van der Waals surface area (Å²) >= 11 is 0. The molecule has 2 N–H and O–H groups in total. The minimum absolute atomic E-state index is 0.331. The van der Waals surface area contributed by atoms with E-state index in [4.69, 9.17) is 5.11 Å². The Morgan fingerprint density at radius 3 is 2.70 bits per heavy atom.